The summed E-state index contributed by atoms with van der Waals surface area (Å²) in [5.74, 6) is 1.53. The highest BCUT2D eigenvalue weighted by atomic mass is 35.5. The second kappa shape index (κ2) is 8.70. The number of anilines is 1. The van der Waals surface area contributed by atoms with E-state index in [1.807, 2.05) is 12.1 Å². The molecule has 0 aromatic heterocycles. The number of phenols is 1. The molecule has 4 rings (SSSR count). The zero-order valence-electron chi connectivity index (χ0n) is 16.7. The smallest absolute Gasteiger partial charge is 0.191 e. The van der Waals surface area contributed by atoms with E-state index in [2.05, 4.69) is 15.8 Å². The number of hydrogen-bond donors (Lipinski definition) is 3. The van der Waals surface area contributed by atoms with Gasteiger partial charge in [-0.3, -0.25) is 5.43 Å². The molecular weight excluding hydrogens is 422 g/mol. The van der Waals surface area contributed by atoms with Gasteiger partial charge in [-0.05, 0) is 74.3 Å². The minimum Gasteiger partial charge on any atom is -0.508 e. The van der Waals surface area contributed by atoms with Gasteiger partial charge < -0.3 is 19.9 Å². The van der Waals surface area contributed by atoms with Crippen molar-refractivity contribution < 1.29 is 14.6 Å². The molecule has 158 valence electrons. The molecule has 0 amide bonds. The Morgan fingerprint density at radius 1 is 1.20 bits per heavy atom. The quantitative estimate of drug-likeness (QED) is 0.443. The summed E-state index contributed by atoms with van der Waals surface area (Å²) in [6, 6.07) is 10.5. The minimum atomic E-state index is -0.235. The molecule has 1 aliphatic heterocycles. The average molecular weight is 446 g/mol. The molecular formula is C22H24ClN3O3S. The van der Waals surface area contributed by atoms with Crippen molar-refractivity contribution >= 4 is 40.3 Å². The van der Waals surface area contributed by atoms with E-state index in [4.69, 9.17) is 33.3 Å². The van der Waals surface area contributed by atoms with Crippen LogP contribution in [0.4, 0.5) is 5.69 Å². The normalized spacial score (nSPS) is 18.4. The van der Waals surface area contributed by atoms with E-state index in [0.717, 1.165) is 48.4 Å². The molecule has 6 nitrogen and oxygen atoms in total. The van der Waals surface area contributed by atoms with Crippen LogP contribution in [0.1, 0.15) is 44.1 Å². The zero-order valence-corrected chi connectivity index (χ0v) is 18.3. The SMILES string of the molecule is COc1ccc(NC(=S)NN=C2CC3(CCCCC3)Oc3ccc(O)cc32)cc1Cl. The predicted molar refractivity (Wildman–Crippen MR) is 123 cm³/mol. The Bertz CT molecular complexity index is 990. The van der Waals surface area contributed by atoms with Gasteiger partial charge in [0.1, 0.15) is 22.8 Å². The van der Waals surface area contributed by atoms with E-state index in [1.54, 1.807) is 31.4 Å². The fourth-order valence-electron chi connectivity index (χ4n) is 4.10. The number of methoxy groups -OCH3 is 1. The van der Waals surface area contributed by atoms with Crippen LogP contribution in [0, 0.1) is 0 Å². The molecule has 8 heteroatoms. The highest BCUT2D eigenvalue weighted by molar-refractivity contribution is 7.80. The molecule has 1 saturated carbocycles. The van der Waals surface area contributed by atoms with Crippen LogP contribution in [-0.2, 0) is 0 Å². The highest BCUT2D eigenvalue weighted by Gasteiger charge is 2.40. The second-order valence-corrected chi connectivity index (χ2v) is 8.49. The summed E-state index contributed by atoms with van der Waals surface area (Å²) in [5, 5.41) is 18.4. The van der Waals surface area contributed by atoms with Gasteiger partial charge in [0.15, 0.2) is 5.11 Å². The summed E-state index contributed by atoms with van der Waals surface area (Å²) in [6.07, 6.45) is 6.20. The molecule has 0 radical (unpaired) electrons. The Labute approximate surface area is 186 Å². The van der Waals surface area contributed by atoms with Crippen molar-refractivity contribution in [3.63, 3.8) is 0 Å². The molecule has 1 heterocycles. The predicted octanol–water partition coefficient (Wildman–Crippen LogP) is 5.23. The van der Waals surface area contributed by atoms with E-state index in [9.17, 15) is 5.11 Å². The van der Waals surface area contributed by atoms with Crippen LogP contribution in [-0.4, -0.2) is 28.6 Å². The molecule has 30 heavy (non-hydrogen) atoms. The molecule has 2 aromatic rings. The number of rotatable bonds is 3. The number of fused-ring (bicyclic) bond motifs is 1. The number of hydrazone groups is 1. The van der Waals surface area contributed by atoms with Gasteiger partial charge in [-0.15, -0.1) is 0 Å². The average Bonchev–Trinajstić information content (AvgIpc) is 2.73. The van der Waals surface area contributed by atoms with Crippen LogP contribution in [0.25, 0.3) is 0 Å². The summed E-state index contributed by atoms with van der Waals surface area (Å²) in [7, 11) is 1.57. The Balaban J connectivity index is 1.53. The van der Waals surface area contributed by atoms with Gasteiger partial charge in [-0.1, -0.05) is 18.0 Å². The van der Waals surface area contributed by atoms with E-state index in [0.29, 0.717) is 22.3 Å². The number of halogens is 1. The minimum absolute atomic E-state index is 0.179. The van der Waals surface area contributed by atoms with Gasteiger partial charge in [-0.2, -0.15) is 5.10 Å². The van der Waals surface area contributed by atoms with Gasteiger partial charge in [0, 0.05) is 17.7 Å². The summed E-state index contributed by atoms with van der Waals surface area (Å²) in [4.78, 5) is 0. The second-order valence-electron chi connectivity index (χ2n) is 7.68. The molecule has 1 fully saturated rings. The maximum atomic E-state index is 9.96. The van der Waals surface area contributed by atoms with Crippen molar-refractivity contribution in [1.82, 2.24) is 5.43 Å². The van der Waals surface area contributed by atoms with Crippen LogP contribution in [0.15, 0.2) is 41.5 Å². The molecule has 1 spiro atoms. The molecule has 2 aromatic carbocycles. The maximum absolute atomic E-state index is 9.96. The van der Waals surface area contributed by atoms with Crippen molar-refractivity contribution in [2.75, 3.05) is 12.4 Å². The van der Waals surface area contributed by atoms with Crippen molar-refractivity contribution in [2.24, 2.45) is 5.10 Å². The van der Waals surface area contributed by atoms with E-state index in [-0.39, 0.29) is 11.4 Å². The number of hydrogen-bond acceptors (Lipinski definition) is 5. The summed E-state index contributed by atoms with van der Waals surface area (Å²) >= 11 is 11.6. The van der Waals surface area contributed by atoms with Crippen molar-refractivity contribution in [2.45, 2.75) is 44.1 Å². The number of nitrogens with one attached hydrogen (secondary N) is 2. The van der Waals surface area contributed by atoms with Gasteiger partial charge in [0.25, 0.3) is 0 Å². The lowest BCUT2D eigenvalue weighted by Gasteiger charge is -2.41. The lowest BCUT2D eigenvalue weighted by atomic mass is 9.78. The molecule has 0 unspecified atom stereocenters. The maximum Gasteiger partial charge on any atom is 0.191 e. The number of aromatic hydroxyl groups is 1. The van der Waals surface area contributed by atoms with Crippen molar-refractivity contribution in [3.05, 3.63) is 47.0 Å². The van der Waals surface area contributed by atoms with E-state index < -0.39 is 0 Å². The third kappa shape index (κ3) is 4.47. The summed E-state index contributed by atoms with van der Waals surface area (Å²) < 4.78 is 11.6. The van der Waals surface area contributed by atoms with Crippen LogP contribution in [0.2, 0.25) is 5.02 Å². The first kappa shape index (κ1) is 20.8. The third-order valence-electron chi connectivity index (χ3n) is 5.56. The van der Waals surface area contributed by atoms with Crippen LogP contribution >= 0.6 is 23.8 Å². The van der Waals surface area contributed by atoms with Gasteiger partial charge in [0.05, 0.1) is 17.8 Å². The fraction of sp³-hybridized carbons (Fsp3) is 0.364. The van der Waals surface area contributed by atoms with Crippen LogP contribution < -0.4 is 20.2 Å². The molecule has 1 aliphatic carbocycles. The number of ether oxygens (including phenoxy) is 2. The van der Waals surface area contributed by atoms with E-state index in [1.165, 1.54) is 6.42 Å². The molecule has 0 atom stereocenters. The Morgan fingerprint density at radius 3 is 2.73 bits per heavy atom. The third-order valence-corrected chi connectivity index (χ3v) is 6.05. The molecule has 2 aliphatic rings. The summed E-state index contributed by atoms with van der Waals surface area (Å²) in [6.45, 7) is 0. The number of benzene rings is 2. The van der Waals surface area contributed by atoms with Crippen molar-refractivity contribution in [3.8, 4) is 17.2 Å². The lowest BCUT2D eigenvalue weighted by Crippen LogP contribution is -2.44. The first-order valence-electron chi connectivity index (χ1n) is 9.97. The monoisotopic (exact) mass is 445 g/mol. The van der Waals surface area contributed by atoms with Gasteiger partial charge in [-0.25, -0.2) is 0 Å². The largest absolute Gasteiger partial charge is 0.508 e. The Morgan fingerprint density at radius 2 is 2.00 bits per heavy atom. The number of nitrogens with zero attached hydrogens (tertiary/aromatic N) is 1. The van der Waals surface area contributed by atoms with Gasteiger partial charge >= 0.3 is 0 Å². The highest BCUT2D eigenvalue weighted by Crippen LogP contribution is 2.42. The molecule has 0 saturated heterocycles. The first-order chi connectivity index (χ1) is 14.5. The lowest BCUT2D eigenvalue weighted by molar-refractivity contribution is 0.0320. The van der Waals surface area contributed by atoms with Crippen LogP contribution in [0.3, 0.4) is 0 Å². The molecule has 0 bridgehead atoms. The van der Waals surface area contributed by atoms with Gasteiger partial charge in [0.2, 0.25) is 0 Å². The van der Waals surface area contributed by atoms with Crippen LogP contribution in [0.5, 0.6) is 17.2 Å². The number of phenolic OH excluding ortho intramolecular Hbond substituents is 1. The molecule has 3 N–H and O–H groups in total. The Hall–Kier alpha value is -2.51. The first-order valence-corrected chi connectivity index (χ1v) is 10.8. The topological polar surface area (TPSA) is 75.1 Å². The fourth-order valence-corrected chi connectivity index (χ4v) is 4.52. The standard InChI is InChI=1S/C22H24ClN3O3S/c1-28-20-7-5-14(11-17(20)23)24-21(30)26-25-18-13-22(9-3-2-4-10-22)29-19-8-6-15(27)12-16(18)19/h5-8,11-12,27H,2-4,9-10,13H2,1H3,(H2,24,26,30). The number of thiocarbonyl (C=S) groups is 1. The summed E-state index contributed by atoms with van der Waals surface area (Å²) in [5.41, 5.74) is 5.03. The zero-order chi connectivity index (χ0) is 21.1. The van der Waals surface area contributed by atoms with E-state index >= 15 is 0 Å². The van der Waals surface area contributed by atoms with Crippen molar-refractivity contribution in [1.29, 1.82) is 0 Å². The Kier molecular flexibility index (Phi) is 6.01.